The lowest BCUT2D eigenvalue weighted by Crippen LogP contribution is -2.05. The monoisotopic (exact) mass is 265 g/mol. The van der Waals surface area contributed by atoms with E-state index < -0.39 is 11.7 Å². The first-order valence-electron chi connectivity index (χ1n) is 5.91. The minimum absolute atomic E-state index is 0.102. The Morgan fingerprint density at radius 3 is 2.11 bits per heavy atom. The van der Waals surface area contributed by atoms with Gasteiger partial charge in [0.1, 0.15) is 0 Å². The molecule has 2 aromatic carbocycles. The molecule has 1 atom stereocenters. The summed E-state index contributed by atoms with van der Waals surface area (Å²) in [6.07, 6.45) is -4.30. The number of benzene rings is 2. The first-order chi connectivity index (χ1) is 8.88. The highest BCUT2D eigenvalue weighted by Crippen LogP contribution is 2.31. The minimum atomic E-state index is -4.30. The molecule has 2 rings (SSSR count). The molecule has 0 bridgehead atoms. The van der Waals surface area contributed by atoms with Gasteiger partial charge in [-0.15, -0.1) is 0 Å². The van der Waals surface area contributed by atoms with Gasteiger partial charge in [-0.2, -0.15) is 13.2 Å². The third-order valence-corrected chi connectivity index (χ3v) is 2.96. The molecule has 0 aliphatic heterocycles. The van der Waals surface area contributed by atoms with Gasteiger partial charge in [-0.1, -0.05) is 30.3 Å². The van der Waals surface area contributed by atoms with Crippen LogP contribution in [0.25, 0.3) is 11.1 Å². The third-order valence-electron chi connectivity index (χ3n) is 2.96. The van der Waals surface area contributed by atoms with Crippen LogP contribution in [-0.4, -0.2) is 0 Å². The van der Waals surface area contributed by atoms with Gasteiger partial charge in [0.15, 0.2) is 0 Å². The zero-order chi connectivity index (χ0) is 14.0. The second-order valence-electron chi connectivity index (χ2n) is 4.49. The summed E-state index contributed by atoms with van der Waals surface area (Å²) in [7, 11) is 0. The van der Waals surface area contributed by atoms with Crippen LogP contribution in [0.1, 0.15) is 24.1 Å². The van der Waals surface area contributed by atoms with Crippen molar-refractivity contribution in [1.29, 1.82) is 0 Å². The number of rotatable bonds is 2. The lowest BCUT2D eigenvalue weighted by atomic mass is 9.99. The summed E-state index contributed by atoms with van der Waals surface area (Å²) in [5, 5.41) is 0. The number of hydrogen-bond acceptors (Lipinski definition) is 1. The number of nitrogens with two attached hydrogens (primary N) is 1. The lowest BCUT2D eigenvalue weighted by molar-refractivity contribution is -0.137. The van der Waals surface area contributed by atoms with Gasteiger partial charge in [0, 0.05) is 6.04 Å². The molecule has 1 unspecified atom stereocenters. The molecule has 0 saturated carbocycles. The molecule has 100 valence electrons. The highest BCUT2D eigenvalue weighted by molar-refractivity contribution is 5.64. The van der Waals surface area contributed by atoms with Crippen LogP contribution in [-0.2, 0) is 6.18 Å². The number of halogens is 3. The second-order valence-corrected chi connectivity index (χ2v) is 4.49. The van der Waals surface area contributed by atoms with E-state index in [1.807, 2.05) is 31.2 Å². The molecule has 4 heteroatoms. The van der Waals surface area contributed by atoms with Crippen molar-refractivity contribution in [2.24, 2.45) is 5.73 Å². The second kappa shape index (κ2) is 5.05. The van der Waals surface area contributed by atoms with Gasteiger partial charge in [-0.3, -0.25) is 0 Å². The van der Waals surface area contributed by atoms with Crippen molar-refractivity contribution in [3.63, 3.8) is 0 Å². The Balaban J connectivity index is 2.35. The van der Waals surface area contributed by atoms with Crippen LogP contribution in [0.4, 0.5) is 13.2 Å². The Bertz CT molecular complexity index is 556. The van der Waals surface area contributed by atoms with Crippen molar-refractivity contribution in [2.45, 2.75) is 19.1 Å². The van der Waals surface area contributed by atoms with Gasteiger partial charge in [0.05, 0.1) is 5.56 Å². The summed E-state index contributed by atoms with van der Waals surface area (Å²) in [4.78, 5) is 0. The molecule has 2 N–H and O–H groups in total. The van der Waals surface area contributed by atoms with Crippen molar-refractivity contribution < 1.29 is 13.2 Å². The van der Waals surface area contributed by atoms with E-state index in [0.717, 1.165) is 28.8 Å². The molecule has 0 radical (unpaired) electrons. The average Bonchev–Trinajstić information content (AvgIpc) is 2.38. The Morgan fingerprint density at radius 1 is 0.947 bits per heavy atom. The van der Waals surface area contributed by atoms with E-state index >= 15 is 0 Å². The first kappa shape index (κ1) is 13.6. The predicted octanol–water partition coefficient (Wildman–Crippen LogP) is 4.39. The fourth-order valence-corrected chi connectivity index (χ4v) is 1.85. The quantitative estimate of drug-likeness (QED) is 0.856. The number of alkyl halides is 3. The van der Waals surface area contributed by atoms with Gasteiger partial charge >= 0.3 is 6.18 Å². The van der Waals surface area contributed by atoms with Crippen LogP contribution in [0, 0.1) is 0 Å². The van der Waals surface area contributed by atoms with Crippen LogP contribution in [0.3, 0.4) is 0 Å². The summed E-state index contributed by atoms with van der Waals surface area (Å²) in [5.74, 6) is 0. The molecular weight excluding hydrogens is 251 g/mol. The Labute approximate surface area is 109 Å². The molecule has 19 heavy (non-hydrogen) atoms. The molecule has 2 aromatic rings. The highest BCUT2D eigenvalue weighted by atomic mass is 19.4. The molecule has 0 aliphatic rings. The third kappa shape index (κ3) is 3.15. The molecule has 1 nitrogen and oxygen atoms in total. The van der Waals surface area contributed by atoms with Crippen LogP contribution in [0.15, 0.2) is 48.5 Å². The normalized spacial score (nSPS) is 13.3. The largest absolute Gasteiger partial charge is 0.416 e. The summed E-state index contributed by atoms with van der Waals surface area (Å²) >= 11 is 0. The molecular formula is C15H14F3N. The van der Waals surface area contributed by atoms with Gasteiger partial charge in [-0.05, 0) is 41.8 Å². The standard InChI is InChI=1S/C15H14F3N/c1-10(19)12-3-2-4-13(9-12)11-5-7-14(8-6-11)15(16,17)18/h2-10H,19H2,1H3. The zero-order valence-electron chi connectivity index (χ0n) is 10.4. The molecule has 0 aromatic heterocycles. The SMILES string of the molecule is CC(N)c1cccc(-c2ccc(C(F)(F)F)cc2)c1. The van der Waals surface area contributed by atoms with Crippen LogP contribution in [0.5, 0.6) is 0 Å². The fourth-order valence-electron chi connectivity index (χ4n) is 1.85. The molecule has 0 heterocycles. The number of hydrogen-bond donors (Lipinski definition) is 1. The summed E-state index contributed by atoms with van der Waals surface area (Å²) in [6, 6.07) is 12.5. The van der Waals surface area contributed by atoms with E-state index in [2.05, 4.69) is 0 Å². The lowest BCUT2D eigenvalue weighted by Gasteiger charge is -2.10. The van der Waals surface area contributed by atoms with Gasteiger partial charge < -0.3 is 5.73 Å². The van der Waals surface area contributed by atoms with E-state index in [-0.39, 0.29) is 6.04 Å². The smallest absolute Gasteiger partial charge is 0.324 e. The summed E-state index contributed by atoms with van der Waals surface area (Å²) < 4.78 is 37.4. The van der Waals surface area contributed by atoms with Crippen LogP contribution in [0.2, 0.25) is 0 Å². The molecule has 0 fully saturated rings. The van der Waals surface area contributed by atoms with Crippen LogP contribution >= 0.6 is 0 Å². The molecule has 0 saturated heterocycles. The van der Waals surface area contributed by atoms with Crippen molar-refractivity contribution >= 4 is 0 Å². The Kier molecular flexibility index (Phi) is 3.62. The van der Waals surface area contributed by atoms with Crippen LogP contribution < -0.4 is 5.73 Å². The van der Waals surface area contributed by atoms with E-state index in [0.29, 0.717) is 0 Å². The highest BCUT2D eigenvalue weighted by Gasteiger charge is 2.29. The molecule has 0 spiro atoms. The van der Waals surface area contributed by atoms with E-state index in [1.165, 1.54) is 12.1 Å². The maximum Gasteiger partial charge on any atom is 0.416 e. The predicted molar refractivity (Wildman–Crippen MR) is 69.5 cm³/mol. The van der Waals surface area contributed by atoms with E-state index in [1.54, 1.807) is 0 Å². The van der Waals surface area contributed by atoms with Crippen molar-refractivity contribution in [1.82, 2.24) is 0 Å². The Hall–Kier alpha value is -1.81. The topological polar surface area (TPSA) is 26.0 Å². The van der Waals surface area contributed by atoms with Gasteiger partial charge in [-0.25, -0.2) is 0 Å². The maximum absolute atomic E-state index is 12.5. The fraction of sp³-hybridized carbons (Fsp3) is 0.200. The van der Waals surface area contributed by atoms with Gasteiger partial charge in [0.25, 0.3) is 0 Å². The maximum atomic E-state index is 12.5. The summed E-state index contributed by atoms with van der Waals surface area (Å²) in [6.45, 7) is 1.87. The zero-order valence-corrected chi connectivity index (χ0v) is 10.4. The molecule has 0 amide bonds. The average molecular weight is 265 g/mol. The Morgan fingerprint density at radius 2 is 1.58 bits per heavy atom. The van der Waals surface area contributed by atoms with Gasteiger partial charge in [0.2, 0.25) is 0 Å². The minimum Gasteiger partial charge on any atom is -0.324 e. The van der Waals surface area contributed by atoms with E-state index in [4.69, 9.17) is 5.73 Å². The summed E-state index contributed by atoms with van der Waals surface area (Å²) in [5.41, 5.74) is 7.72. The molecule has 0 aliphatic carbocycles. The van der Waals surface area contributed by atoms with E-state index in [9.17, 15) is 13.2 Å². The van der Waals surface area contributed by atoms with Crippen molar-refractivity contribution in [3.05, 3.63) is 59.7 Å². The van der Waals surface area contributed by atoms with Crippen molar-refractivity contribution in [3.8, 4) is 11.1 Å². The van der Waals surface area contributed by atoms with Crippen molar-refractivity contribution in [2.75, 3.05) is 0 Å². The first-order valence-corrected chi connectivity index (χ1v) is 5.91.